The van der Waals surface area contributed by atoms with Crippen molar-refractivity contribution >= 4 is 28.8 Å². The molecule has 2 N–H and O–H groups in total. The van der Waals surface area contributed by atoms with Crippen LogP contribution in [0.4, 0.5) is 11.8 Å². The normalized spacial score (nSPS) is 25.1. The quantitative estimate of drug-likeness (QED) is 0.565. The van der Waals surface area contributed by atoms with E-state index in [1.54, 1.807) is 0 Å². The summed E-state index contributed by atoms with van der Waals surface area (Å²) in [7, 11) is 2.22. The van der Waals surface area contributed by atoms with E-state index in [1.165, 1.54) is 45.1 Å². The minimum Gasteiger partial charge on any atom is -0.365 e. The molecule has 10 nitrogen and oxygen atoms in total. The van der Waals surface area contributed by atoms with E-state index in [0.29, 0.717) is 31.1 Å². The van der Waals surface area contributed by atoms with Crippen LogP contribution in [-0.4, -0.2) is 99.2 Å². The fraction of sp³-hybridized carbons (Fsp3) is 0.692. The highest BCUT2D eigenvalue weighted by Crippen LogP contribution is 2.32. The maximum atomic E-state index is 11.8. The number of fused-ring (bicyclic) bond motifs is 1. The highest BCUT2D eigenvalue weighted by molar-refractivity contribution is 5.88. The van der Waals surface area contributed by atoms with Crippen molar-refractivity contribution in [2.24, 2.45) is 0 Å². The summed E-state index contributed by atoms with van der Waals surface area (Å²) in [4.78, 5) is 33.6. The molecule has 3 fully saturated rings. The molecule has 2 aromatic heterocycles. The molecule has 5 rings (SSSR count). The number of piperazine rings is 1. The minimum absolute atomic E-state index is 0.152. The van der Waals surface area contributed by atoms with E-state index < -0.39 is 0 Å². The maximum Gasteiger partial charge on any atom is 0.243 e. The Hall–Kier alpha value is -2.72. The van der Waals surface area contributed by atoms with Crippen LogP contribution >= 0.6 is 0 Å². The van der Waals surface area contributed by atoms with Crippen LogP contribution in [0.5, 0.6) is 0 Å². The maximum absolute atomic E-state index is 11.8. The SMILES string of the molecule is C=CC(=O)NC1(C)CN(c2nc(NC3CCC(N4CCN(C)CC4)CC3)c3ncn(C(C)C)c3n2)C1. The van der Waals surface area contributed by atoms with Gasteiger partial charge in [0.15, 0.2) is 17.0 Å². The second-order valence-electron chi connectivity index (χ2n) is 11.4. The number of amides is 1. The summed E-state index contributed by atoms with van der Waals surface area (Å²) in [6.07, 6.45) is 7.90. The van der Waals surface area contributed by atoms with Crippen LogP contribution in [-0.2, 0) is 4.79 Å². The molecule has 10 heteroatoms. The van der Waals surface area contributed by atoms with Gasteiger partial charge in [0.1, 0.15) is 0 Å². The topological polar surface area (TPSA) is 94.5 Å². The minimum atomic E-state index is -0.308. The van der Waals surface area contributed by atoms with Crippen molar-refractivity contribution in [1.82, 2.24) is 34.6 Å². The van der Waals surface area contributed by atoms with E-state index in [9.17, 15) is 4.79 Å². The van der Waals surface area contributed by atoms with Crippen LogP contribution < -0.4 is 15.5 Å². The fourth-order valence-corrected chi connectivity index (χ4v) is 5.86. The van der Waals surface area contributed by atoms with Crippen LogP contribution in [0.25, 0.3) is 11.2 Å². The third-order valence-corrected chi connectivity index (χ3v) is 8.03. The van der Waals surface area contributed by atoms with E-state index in [1.807, 2.05) is 13.3 Å². The standard InChI is InChI=1S/C26H41N9O/c1-6-21(36)31-26(4)15-34(16-26)25-29-23(22-24(30-25)35(17-27-22)18(2)3)28-19-7-9-20(10-8-19)33-13-11-32(5)12-14-33/h6,17-20H,1,7-16H2,2-5H3,(H,31,36)(H,28,29,30). The number of nitrogens with one attached hydrogen (secondary N) is 2. The van der Waals surface area contributed by atoms with Gasteiger partial charge in [-0.05, 0) is 59.6 Å². The zero-order chi connectivity index (χ0) is 25.4. The third-order valence-electron chi connectivity index (χ3n) is 8.03. The molecule has 0 bridgehead atoms. The van der Waals surface area contributed by atoms with Crippen molar-refractivity contribution in [3.63, 3.8) is 0 Å². The van der Waals surface area contributed by atoms with Crippen LogP contribution in [0.2, 0.25) is 0 Å². The van der Waals surface area contributed by atoms with Gasteiger partial charge in [-0.3, -0.25) is 9.69 Å². The number of carbonyl (C=O) groups is 1. The molecule has 0 radical (unpaired) electrons. The summed E-state index contributed by atoms with van der Waals surface area (Å²) in [6.45, 7) is 15.9. The summed E-state index contributed by atoms with van der Waals surface area (Å²) in [6, 6.07) is 1.33. The zero-order valence-corrected chi connectivity index (χ0v) is 22.2. The van der Waals surface area contributed by atoms with Gasteiger partial charge in [-0.1, -0.05) is 6.58 Å². The monoisotopic (exact) mass is 495 g/mol. The van der Waals surface area contributed by atoms with Crippen LogP contribution in [0, 0.1) is 0 Å². The molecule has 196 valence electrons. The molecule has 0 unspecified atom stereocenters. The smallest absolute Gasteiger partial charge is 0.243 e. The van der Waals surface area contributed by atoms with Crippen LogP contribution in [0.3, 0.4) is 0 Å². The number of carbonyl (C=O) groups excluding carboxylic acids is 1. The lowest BCUT2D eigenvalue weighted by Gasteiger charge is -2.48. The summed E-state index contributed by atoms with van der Waals surface area (Å²) in [5.41, 5.74) is 1.38. The number of likely N-dealkylation sites (N-methyl/N-ethyl adjacent to an activating group) is 1. The van der Waals surface area contributed by atoms with Gasteiger partial charge in [0.25, 0.3) is 0 Å². The molecular formula is C26H41N9O. The van der Waals surface area contributed by atoms with Gasteiger partial charge in [-0.25, -0.2) is 4.98 Å². The molecule has 4 heterocycles. The number of rotatable bonds is 7. The van der Waals surface area contributed by atoms with Gasteiger partial charge in [-0.2, -0.15) is 9.97 Å². The number of nitrogens with zero attached hydrogens (tertiary/aromatic N) is 7. The Bertz CT molecular complexity index is 1090. The molecule has 1 amide bonds. The van der Waals surface area contributed by atoms with Crippen molar-refractivity contribution < 1.29 is 4.79 Å². The highest BCUT2D eigenvalue weighted by atomic mass is 16.1. The molecule has 2 saturated heterocycles. The van der Waals surface area contributed by atoms with Crippen LogP contribution in [0.1, 0.15) is 52.5 Å². The second-order valence-corrected chi connectivity index (χ2v) is 11.4. The Labute approximate surface area is 214 Å². The lowest BCUT2D eigenvalue weighted by Crippen LogP contribution is -2.69. The molecular weight excluding hydrogens is 454 g/mol. The van der Waals surface area contributed by atoms with E-state index >= 15 is 0 Å². The van der Waals surface area contributed by atoms with Crippen LogP contribution in [0.15, 0.2) is 19.0 Å². The Balaban J connectivity index is 1.30. The van der Waals surface area contributed by atoms with Gasteiger partial charge in [0.05, 0.1) is 11.9 Å². The summed E-state index contributed by atoms with van der Waals surface area (Å²) in [5.74, 6) is 1.35. The molecule has 1 saturated carbocycles. The Morgan fingerprint density at radius 2 is 1.83 bits per heavy atom. The van der Waals surface area contributed by atoms with Crippen molar-refractivity contribution in [3.05, 3.63) is 19.0 Å². The molecule has 0 spiro atoms. The zero-order valence-electron chi connectivity index (χ0n) is 22.2. The first-order valence-electron chi connectivity index (χ1n) is 13.4. The molecule has 1 aliphatic carbocycles. The molecule has 36 heavy (non-hydrogen) atoms. The van der Waals surface area contributed by atoms with Gasteiger partial charge in [-0.15, -0.1) is 0 Å². The Kier molecular flexibility index (Phi) is 6.91. The van der Waals surface area contributed by atoms with E-state index in [2.05, 4.69) is 57.4 Å². The molecule has 2 aromatic rings. The molecule has 0 atom stereocenters. The van der Waals surface area contributed by atoms with E-state index in [-0.39, 0.29) is 17.5 Å². The predicted octanol–water partition coefficient (Wildman–Crippen LogP) is 2.26. The van der Waals surface area contributed by atoms with Crippen molar-refractivity contribution in [2.75, 3.05) is 56.5 Å². The Morgan fingerprint density at radius 3 is 2.47 bits per heavy atom. The van der Waals surface area contributed by atoms with Crippen molar-refractivity contribution in [2.45, 2.75) is 70.1 Å². The van der Waals surface area contributed by atoms with Gasteiger partial charge in [0, 0.05) is 57.4 Å². The number of hydrogen-bond donors (Lipinski definition) is 2. The Morgan fingerprint density at radius 1 is 1.14 bits per heavy atom. The average Bonchev–Trinajstić information content (AvgIpc) is 3.28. The van der Waals surface area contributed by atoms with Crippen molar-refractivity contribution in [3.8, 4) is 0 Å². The van der Waals surface area contributed by atoms with Crippen molar-refractivity contribution in [1.29, 1.82) is 0 Å². The van der Waals surface area contributed by atoms with Gasteiger partial charge in [0.2, 0.25) is 11.9 Å². The second kappa shape index (κ2) is 9.97. The number of hydrogen-bond acceptors (Lipinski definition) is 8. The highest BCUT2D eigenvalue weighted by Gasteiger charge is 2.41. The molecule has 0 aromatic carbocycles. The van der Waals surface area contributed by atoms with E-state index in [4.69, 9.17) is 15.0 Å². The number of imidazole rings is 1. The molecule has 3 aliphatic rings. The van der Waals surface area contributed by atoms with Gasteiger partial charge < -0.3 is 25.0 Å². The van der Waals surface area contributed by atoms with E-state index in [0.717, 1.165) is 29.8 Å². The number of anilines is 2. The predicted molar refractivity (Wildman–Crippen MR) is 143 cm³/mol. The van der Waals surface area contributed by atoms with Gasteiger partial charge >= 0.3 is 0 Å². The molecule has 2 aliphatic heterocycles. The lowest BCUT2D eigenvalue weighted by atomic mass is 9.89. The summed E-state index contributed by atoms with van der Waals surface area (Å²) in [5, 5.41) is 6.77. The number of aromatic nitrogens is 4. The first kappa shape index (κ1) is 25.0. The lowest BCUT2D eigenvalue weighted by molar-refractivity contribution is -0.118. The largest absolute Gasteiger partial charge is 0.365 e. The summed E-state index contributed by atoms with van der Waals surface area (Å²) >= 11 is 0. The summed E-state index contributed by atoms with van der Waals surface area (Å²) < 4.78 is 2.11. The first-order valence-corrected chi connectivity index (χ1v) is 13.4. The fourth-order valence-electron chi connectivity index (χ4n) is 5.86. The first-order chi connectivity index (χ1) is 17.2. The third kappa shape index (κ3) is 5.06. The average molecular weight is 496 g/mol.